The summed E-state index contributed by atoms with van der Waals surface area (Å²) in [7, 11) is 0. The number of hydrogen-bond acceptors (Lipinski definition) is 7. The number of rotatable bonds is 5. The first kappa shape index (κ1) is 15.7. The van der Waals surface area contributed by atoms with Gasteiger partial charge in [0.25, 0.3) is 0 Å². The lowest BCUT2D eigenvalue weighted by Gasteiger charge is -2.08. The van der Waals surface area contributed by atoms with E-state index in [1.807, 2.05) is 20.8 Å². The van der Waals surface area contributed by atoms with Gasteiger partial charge in [-0.15, -0.1) is 0 Å². The van der Waals surface area contributed by atoms with Crippen molar-refractivity contribution >= 4 is 17.6 Å². The third-order valence-corrected chi connectivity index (χ3v) is 3.96. The van der Waals surface area contributed by atoms with Gasteiger partial charge in [-0.25, -0.2) is 25.8 Å². The average molecular weight is 304 g/mol. The highest BCUT2D eigenvalue weighted by Gasteiger charge is 2.10. The maximum Gasteiger partial charge on any atom is 0.194 e. The number of aromatic nitrogens is 4. The second-order valence-corrected chi connectivity index (χ2v) is 5.79. The van der Waals surface area contributed by atoms with E-state index in [0.29, 0.717) is 11.0 Å². The van der Waals surface area contributed by atoms with Gasteiger partial charge in [-0.1, -0.05) is 6.92 Å². The van der Waals surface area contributed by atoms with Crippen LogP contribution < -0.4 is 11.3 Å². The van der Waals surface area contributed by atoms with Crippen LogP contribution in [0.3, 0.4) is 0 Å². The highest BCUT2D eigenvalue weighted by Crippen LogP contribution is 2.26. The maximum absolute atomic E-state index is 5.46. The van der Waals surface area contributed by atoms with Crippen molar-refractivity contribution in [3.63, 3.8) is 0 Å². The summed E-state index contributed by atoms with van der Waals surface area (Å²) in [4.78, 5) is 17.9. The second-order valence-electron chi connectivity index (χ2n) is 4.81. The van der Waals surface area contributed by atoms with Crippen LogP contribution in [0.1, 0.15) is 36.1 Å². The predicted molar refractivity (Wildman–Crippen MR) is 84.2 cm³/mol. The molecule has 0 bridgehead atoms. The van der Waals surface area contributed by atoms with Crippen molar-refractivity contribution in [1.29, 1.82) is 0 Å². The number of nitrogens with two attached hydrogens (primary N) is 1. The third kappa shape index (κ3) is 3.89. The molecule has 3 N–H and O–H groups in total. The summed E-state index contributed by atoms with van der Waals surface area (Å²) in [5.74, 6) is 6.85. The van der Waals surface area contributed by atoms with E-state index in [4.69, 9.17) is 5.84 Å². The van der Waals surface area contributed by atoms with Gasteiger partial charge in [0.1, 0.15) is 16.7 Å². The molecule has 0 atom stereocenters. The van der Waals surface area contributed by atoms with Gasteiger partial charge in [-0.3, -0.25) is 0 Å². The van der Waals surface area contributed by atoms with Crippen molar-refractivity contribution in [2.75, 3.05) is 5.43 Å². The minimum absolute atomic E-state index is 0.608. The summed E-state index contributed by atoms with van der Waals surface area (Å²) >= 11 is 1.43. The number of hydrogen-bond donors (Lipinski definition) is 2. The first-order valence-electron chi connectivity index (χ1n) is 6.87. The van der Waals surface area contributed by atoms with E-state index in [1.54, 1.807) is 6.07 Å². The monoisotopic (exact) mass is 304 g/mol. The van der Waals surface area contributed by atoms with E-state index in [0.717, 1.165) is 40.6 Å². The highest BCUT2D eigenvalue weighted by atomic mass is 32.2. The first-order chi connectivity index (χ1) is 10.0. The SMILES string of the molecule is CCCc1nc(NN)cc(Sc2nc(C)c(C)c(C)n2)n1. The maximum atomic E-state index is 5.46. The van der Waals surface area contributed by atoms with Crippen molar-refractivity contribution in [2.45, 2.75) is 50.7 Å². The molecule has 0 fully saturated rings. The topological polar surface area (TPSA) is 89.6 Å². The lowest BCUT2D eigenvalue weighted by molar-refractivity contribution is 0.807. The van der Waals surface area contributed by atoms with Crippen molar-refractivity contribution in [3.05, 3.63) is 28.8 Å². The first-order valence-corrected chi connectivity index (χ1v) is 7.69. The molecule has 2 aromatic rings. The number of nitrogens with one attached hydrogen (secondary N) is 1. The summed E-state index contributed by atoms with van der Waals surface area (Å²) in [6.45, 7) is 8.10. The summed E-state index contributed by atoms with van der Waals surface area (Å²) in [5, 5.41) is 1.49. The van der Waals surface area contributed by atoms with Crippen molar-refractivity contribution in [1.82, 2.24) is 19.9 Å². The van der Waals surface area contributed by atoms with E-state index in [2.05, 4.69) is 32.3 Å². The van der Waals surface area contributed by atoms with Crippen molar-refractivity contribution < 1.29 is 0 Å². The largest absolute Gasteiger partial charge is 0.308 e. The molecular formula is C14H20N6S. The molecule has 2 aromatic heterocycles. The zero-order valence-corrected chi connectivity index (χ0v) is 13.6. The van der Waals surface area contributed by atoms with Gasteiger partial charge in [0.2, 0.25) is 0 Å². The predicted octanol–water partition coefficient (Wildman–Crippen LogP) is 2.58. The van der Waals surface area contributed by atoms with Gasteiger partial charge < -0.3 is 5.43 Å². The Morgan fingerprint density at radius 1 is 1.10 bits per heavy atom. The Balaban J connectivity index is 2.32. The van der Waals surface area contributed by atoms with Crippen LogP contribution in [0.2, 0.25) is 0 Å². The lowest BCUT2D eigenvalue weighted by Crippen LogP contribution is -2.11. The van der Waals surface area contributed by atoms with E-state index in [-0.39, 0.29) is 0 Å². The van der Waals surface area contributed by atoms with Crippen LogP contribution in [0, 0.1) is 20.8 Å². The van der Waals surface area contributed by atoms with E-state index < -0.39 is 0 Å². The Bertz CT molecular complexity index is 620. The zero-order valence-electron chi connectivity index (χ0n) is 12.8. The number of aryl methyl sites for hydroxylation is 3. The van der Waals surface area contributed by atoms with Crippen LogP contribution in [-0.4, -0.2) is 19.9 Å². The molecule has 0 unspecified atom stereocenters. The molecule has 2 rings (SSSR count). The van der Waals surface area contributed by atoms with Crippen LogP contribution in [0.15, 0.2) is 16.2 Å². The van der Waals surface area contributed by atoms with Gasteiger partial charge >= 0.3 is 0 Å². The molecule has 0 aliphatic rings. The Morgan fingerprint density at radius 3 is 2.33 bits per heavy atom. The van der Waals surface area contributed by atoms with Crippen molar-refractivity contribution in [2.24, 2.45) is 5.84 Å². The van der Waals surface area contributed by atoms with Gasteiger partial charge in [0, 0.05) is 23.9 Å². The number of nitrogens with zero attached hydrogens (tertiary/aromatic N) is 4. The smallest absolute Gasteiger partial charge is 0.194 e. The molecule has 112 valence electrons. The third-order valence-electron chi connectivity index (χ3n) is 3.18. The fourth-order valence-electron chi connectivity index (χ4n) is 1.81. The average Bonchev–Trinajstić information content (AvgIpc) is 2.44. The summed E-state index contributed by atoms with van der Waals surface area (Å²) in [6, 6.07) is 1.80. The molecule has 0 aliphatic carbocycles. The number of hydrazine groups is 1. The van der Waals surface area contributed by atoms with Gasteiger partial charge in [0.15, 0.2) is 5.16 Å². The molecular weight excluding hydrogens is 284 g/mol. The molecule has 0 aromatic carbocycles. The molecule has 0 saturated heterocycles. The number of anilines is 1. The summed E-state index contributed by atoms with van der Waals surface area (Å²) in [6.07, 6.45) is 1.80. The van der Waals surface area contributed by atoms with Crippen LogP contribution in [0.5, 0.6) is 0 Å². The quantitative estimate of drug-likeness (QED) is 0.380. The van der Waals surface area contributed by atoms with Crippen LogP contribution >= 0.6 is 11.8 Å². The second kappa shape index (κ2) is 6.82. The standard InChI is InChI=1S/C14H20N6S/c1-5-6-11-18-12(20-15)7-13(19-11)21-14-16-9(3)8(2)10(4)17-14/h7H,5-6,15H2,1-4H3,(H,18,19,20). The molecule has 7 heteroatoms. The van der Waals surface area contributed by atoms with E-state index >= 15 is 0 Å². The molecule has 0 spiro atoms. The Morgan fingerprint density at radius 2 is 1.76 bits per heavy atom. The van der Waals surface area contributed by atoms with Gasteiger partial charge in [-0.2, -0.15) is 0 Å². The minimum atomic E-state index is 0.608. The van der Waals surface area contributed by atoms with Crippen LogP contribution in [-0.2, 0) is 6.42 Å². The van der Waals surface area contributed by atoms with Crippen LogP contribution in [0.25, 0.3) is 0 Å². The number of nitrogen functional groups attached to an aromatic ring is 1. The Kier molecular flexibility index (Phi) is 5.08. The summed E-state index contributed by atoms with van der Waals surface area (Å²) in [5.41, 5.74) is 5.68. The molecule has 0 amide bonds. The Labute approximate surface area is 129 Å². The fraction of sp³-hybridized carbons (Fsp3) is 0.429. The molecule has 0 aliphatic heterocycles. The molecule has 6 nitrogen and oxygen atoms in total. The Hall–Kier alpha value is -1.73. The van der Waals surface area contributed by atoms with Crippen molar-refractivity contribution in [3.8, 4) is 0 Å². The fourth-order valence-corrected chi connectivity index (χ4v) is 2.69. The van der Waals surface area contributed by atoms with E-state index in [1.165, 1.54) is 11.8 Å². The molecule has 0 saturated carbocycles. The van der Waals surface area contributed by atoms with Crippen LogP contribution in [0.4, 0.5) is 5.82 Å². The summed E-state index contributed by atoms with van der Waals surface area (Å²) < 4.78 is 0. The lowest BCUT2D eigenvalue weighted by atomic mass is 10.2. The molecule has 21 heavy (non-hydrogen) atoms. The highest BCUT2D eigenvalue weighted by molar-refractivity contribution is 7.99. The van der Waals surface area contributed by atoms with Gasteiger partial charge in [-0.05, 0) is 44.5 Å². The normalized spacial score (nSPS) is 10.7. The molecule has 2 heterocycles. The minimum Gasteiger partial charge on any atom is -0.308 e. The van der Waals surface area contributed by atoms with Gasteiger partial charge in [0.05, 0.1) is 0 Å². The molecule has 0 radical (unpaired) electrons. The zero-order chi connectivity index (χ0) is 15.4. The van der Waals surface area contributed by atoms with E-state index in [9.17, 15) is 0 Å².